The number of amides is 3. The summed E-state index contributed by atoms with van der Waals surface area (Å²) < 4.78 is 0. The van der Waals surface area contributed by atoms with Gasteiger partial charge in [0, 0.05) is 24.7 Å². The fourth-order valence-corrected chi connectivity index (χ4v) is 4.36. The van der Waals surface area contributed by atoms with Crippen LogP contribution in [0.1, 0.15) is 43.4 Å². The predicted molar refractivity (Wildman–Crippen MR) is 140 cm³/mol. The Bertz CT molecular complexity index is 1040. The van der Waals surface area contributed by atoms with Crippen LogP contribution in [0, 0.1) is 0 Å². The van der Waals surface area contributed by atoms with Gasteiger partial charge in [-0.1, -0.05) is 30.3 Å². The Kier molecular flexibility index (Phi) is 11.2. The van der Waals surface area contributed by atoms with E-state index < -0.39 is 35.9 Å². The van der Waals surface area contributed by atoms with Crippen LogP contribution in [0.2, 0.25) is 0 Å². The molecule has 1 fully saturated rings. The van der Waals surface area contributed by atoms with E-state index in [-0.39, 0.29) is 31.2 Å². The van der Waals surface area contributed by atoms with Crippen molar-refractivity contribution >= 4 is 23.7 Å². The highest BCUT2D eigenvalue weighted by Gasteiger charge is 2.31. The topological polar surface area (TPSA) is 191 Å². The molecule has 1 aliphatic rings. The Labute approximate surface area is 221 Å². The number of unbranched alkanes of at least 4 members (excludes halogenated alkanes) is 1. The number of nitrogens with two attached hydrogens (primary N) is 1. The van der Waals surface area contributed by atoms with Crippen LogP contribution >= 0.6 is 0 Å². The molecule has 12 heteroatoms. The Morgan fingerprint density at radius 2 is 1.74 bits per heavy atom. The van der Waals surface area contributed by atoms with Crippen LogP contribution in [0.15, 0.2) is 42.9 Å². The van der Waals surface area contributed by atoms with Gasteiger partial charge in [0.25, 0.3) is 0 Å². The Morgan fingerprint density at radius 1 is 1.00 bits per heavy atom. The van der Waals surface area contributed by atoms with Crippen LogP contribution < -0.4 is 27.0 Å². The number of aliphatic carboxylic acids is 1. The van der Waals surface area contributed by atoms with Crippen LogP contribution in [-0.4, -0.2) is 76.0 Å². The number of hydrogen-bond acceptors (Lipinski definition) is 7. The lowest BCUT2D eigenvalue weighted by Gasteiger charge is -2.25. The zero-order valence-corrected chi connectivity index (χ0v) is 21.3. The fourth-order valence-electron chi connectivity index (χ4n) is 4.36. The van der Waals surface area contributed by atoms with Crippen LogP contribution in [0.4, 0.5) is 0 Å². The molecule has 1 aliphatic heterocycles. The first kappa shape index (κ1) is 28.8. The van der Waals surface area contributed by atoms with Gasteiger partial charge in [0.05, 0.1) is 12.4 Å². The first-order chi connectivity index (χ1) is 18.4. The van der Waals surface area contributed by atoms with E-state index in [4.69, 9.17) is 5.73 Å². The molecule has 2 aromatic rings. The van der Waals surface area contributed by atoms with Crippen molar-refractivity contribution in [3.05, 3.63) is 54.1 Å². The molecule has 0 spiro atoms. The summed E-state index contributed by atoms with van der Waals surface area (Å²) in [6, 6.07) is 5.76. The Hall–Kier alpha value is -3.77. The zero-order chi connectivity index (χ0) is 27.3. The maximum absolute atomic E-state index is 13.4. The van der Waals surface area contributed by atoms with Crippen LogP contribution in [0.5, 0.6) is 0 Å². The van der Waals surface area contributed by atoms with Gasteiger partial charge in [0.1, 0.15) is 18.1 Å². The standard InChI is InChI=1S/C26H37N7O5/c27-11-5-4-9-20(24(35)33-22(26(37)38)14-18-15-28-16-30-18)31-25(36)21(13-17-7-2-1-3-8-17)32-23(34)19-10-6-12-29-19/h1-3,7-8,15-16,19-22,29H,4-6,9-14,27H2,(H,28,30)(H,31,36)(H,32,34)(H,33,35)(H,37,38). The van der Waals surface area contributed by atoms with Crippen LogP contribution in [-0.2, 0) is 32.0 Å². The van der Waals surface area contributed by atoms with E-state index in [0.717, 1.165) is 18.5 Å². The van der Waals surface area contributed by atoms with Gasteiger partial charge in [-0.25, -0.2) is 9.78 Å². The minimum absolute atomic E-state index is 0.00557. The van der Waals surface area contributed by atoms with Crippen molar-refractivity contribution in [3.63, 3.8) is 0 Å². The molecule has 3 amide bonds. The number of rotatable bonds is 15. The number of carbonyl (C=O) groups is 4. The lowest BCUT2D eigenvalue weighted by molar-refractivity contribution is -0.142. The molecule has 12 nitrogen and oxygen atoms in total. The highest BCUT2D eigenvalue weighted by molar-refractivity contribution is 5.94. The third kappa shape index (κ3) is 8.96. The van der Waals surface area contributed by atoms with Crippen molar-refractivity contribution in [1.82, 2.24) is 31.2 Å². The lowest BCUT2D eigenvalue weighted by Crippen LogP contribution is -2.57. The SMILES string of the molecule is NCCCCC(NC(=O)C(Cc1ccccc1)NC(=O)C1CCCN1)C(=O)NC(Cc1cnc[nH]1)C(=O)O. The molecule has 3 rings (SSSR count). The van der Waals surface area contributed by atoms with Crippen molar-refractivity contribution < 1.29 is 24.3 Å². The van der Waals surface area contributed by atoms with E-state index >= 15 is 0 Å². The molecule has 0 bridgehead atoms. The third-order valence-corrected chi connectivity index (χ3v) is 6.47. The predicted octanol–water partition coefficient (Wildman–Crippen LogP) is -0.385. The molecule has 0 saturated carbocycles. The first-order valence-electron chi connectivity index (χ1n) is 13.0. The molecular weight excluding hydrogens is 490 g/mol. The first-order valence-corrected chi connectivity index (χ1v) is 13.0. The minimum Gasteiger partial charge on any atom is -0.480 e. The van der Waals surface area contributed by atoms with Gasteiger partial charge in [-0.2, -0.15) is 0 Å². The lowest BCUT2D eigenvalue weighted by atomic mass is 10.0. The molecule has 1 aromatic carbocycles. The molecule has 1 aromatic heterocycles. The second-order valence-electron chi connectivity index (χ2n) is 9.43. The number of aromatic nitrogens is 2. The van der Waals surface area contributed by atoms with Gasteiger partial charge < -0.3 is 37.1 Å². The molecule has 0 aliphatic carbocycles. The smallest absolute Gasteiger partial charge is 0.326 e. The normalized spacial score (nSPS) is 17.2. The maximum Gasteiger partial charge on any atom is 0.326 e. The van der Waals surface area contributed by atoms with Crippen LogP contribution in [0.25, 0.3) is 0 Å². The van der Waals surface area contributed by atoms with E-state index in [0.29, 0.717) is 31.5 Å². The fraction of sp³-hybridized carbons (Fsp3) is 0.500. The Morgan fingerprint density at radius 3 is 2.37 bits per heavy atom. The van der Waals surface area contributed by atoms with Crippen molar-refractivity contribution in [2.24, 2.45) is 5.73 Å². The number of aromatic amines is 1. The summed E-state index contributed by atoms with van der Waals surface area (Å²) in [5, 5.41) is 20.9. The number of benzene rings is 1. The van der Waals surface area contributed by atoms with E-state index in [2.05, 4.69) is 31.2 Å². The van der Waals surface area contributed by atoms with Gasteiger partial charge in [0.2, 0.25) is 17.7 Å². The summed E-state index contributed by atoms with van der Waals surface area (Å²) >= 11 is 0. The Balaban J connectivity index is 1.73. The number of nitrogens with one attached hydrogen (secondary N) is 5. The second kappa shape index (κ2) is 14.8. The zero-order valence-electron chi connectivity index (χ0n) is 21.3. The van der Waals surface area contributed by atoms with Gasteiger partial charge in [-0.05, 0) is 50.8 Å². The van der Waals surface area contributed by atoms with E-state index in [1.165, 1.54) is 12.5 Å². The second-order valence-corrected chi connectivity index (χ2v) is 9.43. The summed E-state index contributed by atoms with van der Waals surface area (Å²) in [6.07, 6.45) is 6.16. The number of imidazole rings is 1. The van der Waals surface area contributed by atoms with Crippen molar-refractivity contribution in [1.29, 1.82) is 0 Å². The van der Waals surface area contributed by atoms with Crippen molar-refractivity contribution in [2.75, 3.05) is 13.1 Å². The average Bonchev–Trinajstić information content (AvgIpc) is 3.62. The molecule has 2 heterocycles. The maximum atomic E-state index is 13.4. The van der Waals surface area contributed by atoms with Gasteiger partial charge in [-0.3, -0.25) is 14.4 Å². The highest BCUT2D eigenvalue weighted by atomic mass is 16.4. The summed E-state index contributed by atoms with van der Waals surface area (Å²) in [5.74, 6) is -2.62. The summed E-state index contributed by atoms with van der Waals surface area (Å²) in [5.41, 5.74) is 7.01. The number of carbonyl (C=O) groups excluding carboxylic acids is 3. The van der Waals surface area contributed by atoms with E-state index in [1.807, 2.05) is 30.3 Å². The van der Waals surface area contributed by atoms with Gasteiger partial charge >= 0.3 is 5.97 Å². The number of nitrogens with zero attached hydrogens (tertiary/aromatic N) is 1. The molecule has 4 atom stereocenters. The summed E-state index contributed by atoms with van der Waals surface area (Å²) in [4.78, 5) is 58.0. The molecule has 4 unspecified atom stereocenters. The van der Waals surface area contributed by atoms with Crippen molar-refractivity contribution in [2.45, 2.75) is 69.1 Å². The highest BCUT2D eigenvalue weighted by Crippen LogP contribution is 2.10. The monoisotopic (exact) mass is 527 g/mol. The van der Waals surface area contributed by atoms with E-state index in [9.17, 15) is 24.3 Å². The number of carboxylic acids is 1. The quantitative estimate of drug-likeness (QED) is 0.152. The molecule has 0 radical (unpaired) electrons. The average molecular weight is 528 g/mol. The molecule has 206 valence electrons. The number of carboxylic acid groups (broad SMARTS) is 1. The molecule has 38 heavy (non-hydrogen) atoms. The van der Waals surface area contributed by atoms with Gasteiger partial charge in [0.15, 0.2) is 0 Å². The van der Waals surface area contributed by atoms with E-state index in [1.54, 1.807) is 0 Å². The number of hydrogen-bond donors (Lipinski definition) is 7. The van der Waals surface area contributed by atoms with Crippen LogP contribution in [0.3, 0.4) is 0 Å². The molecule has 8 N–H and O–H groups in total. The summed E-state index contributed by atoms with van der Waals surface area (Å²) in [6.45, 7) is 1.15. The summed E-state index contributed by atoms with van der Waals surface area (Å²) in [7, 11) is 0. The minimum atomic E-state index is -1.22. The van der Waals surface area contributed by atoms with Gasteiger partial charge in [-0.15, -0.1) is 0 Å². The van der Waals surface area contributed by atoms with Crippen molar-refractivity contribution in [3.8, 4) is 0 Å². The largest absolute Gasteiger partial charge is 0.480 e. The third-order valence-electron chi connectivity index (χ3n) is 6.47. The molecule has 1 saturated heterocycles. The molecular formula is C26H37N7O5. The number of H-pyrrole nitrogens is 1.